The summed E-state index contributed by atoms with van der Waals surface area (Å²) >= 11 is 0. The summed E-state index contributed by atoms with van der Waals surface area (Å²) in [6, 6.07) is -1.67. The second-order valence-corrected chi connectivity index (χ2v) is 6.17. The van der Waals surface area contributed by atoms with Crippen LogP contribution in [0.2, 0.25) is 0 Å². The van der Waals surface area contributed by atoms with Gasteiger partial charge in [-0.3, -0.25) is 19.8 Å². The molecule has 1 aliphatic carbocycles. The zero-order valence-electron chi connectivity index (χ0n) is 13.2. The number of carboxylic acid groups (broad SMARTS) is 1. The van der Waals surface area contributed by atoms with E-state index in [4.69, 9.17) is 0 Å². The standard InChI is InChI=1S/C15H25N3O4/c1-3-16-15(22)17-13(19)9(2)18-11-7-5-4-6-10(11)8-12(18)14(20)21/h9-12H,3-8H2,1-2H3,(H,20,21)(H2,16,17,19,22). The van der Waals surface area contributed by atoms with Crippen LogP contribution in [0.25, 0.3) is 0 Å². The van der Waals surface area contributed by atoms with Gasteiger partial charge in [0.15, 0.2) is 0 Å². The molecule has 7 heteroatoms. The molecule has 124 valence electrons. The number of aliphatic carboxylic acids is 1. The van der Waals surface area contributed by atoms with Gasteiger partial charge in [0.25, 0.3) is 0 Å². The van der Waals surface area contributed by atoms with E-state index in [1.807, 2.05) is 0 Å². The van der Waals surface area contributed by atoms with Crippen molar-refractivity contribution in [1.82, 2.24) is 15.5 Å². The Bertz CT molecular complexity index is 454. The van der Waals surface area contributed by atoms with Gasteiger partial charge in [-0.15, -0.1) is 0 Å². The van der Waals surface area contributed by atoms with Gasteiger partial charge < -0.3 is 10.4 Å². The topological polar surface area (TPSA) is 98.7 Å². The van der Waals surface area contributed by atoms with E-state index in [2.05, 4.69) is 10.6 Å². The zero-order valence-corrected chi connectivity index (χ0v) is 13.2. The summed E-state index contributed by atoms with van der Waals surface area (Å²) in [6.07, 6.45) is 4.73. The first kappa shape index (κ1) is 16.7. The third kappa shape index (κ3) is 3.40. The lowest BCUT2D eigenvalue weighted by atomic mass is 9.84. The van der Waals surface area contributed by atoms with Gasteiger partial charge in [0.05, 0.1) is 6.04 Å². The van der Waals surface area contributed by atoms with Crippen LogP contribution in [0.5, 0.6) is 0 Å². The quantitative estimate of drug-likeness (QED) is 0.717. The van der Waals surface area contributed by atoms with E-state index in [-0.39, 0.29) is 6.04 Å². The molecule has 2 aliphatic rings. The third-order valence-corrected chi connectivity index (χ3v) is 4.82. The van der Waals surface area contributed by atoms with Gasteiger partial charge in [-0.05, 0) is 39.0 Å². The summed E-state index contributed by atoms with van der Waals surface area (Å²) < 4.78 is 0. The molecule has 4 atom stereocenters. The van der Waals surface area contributed by atoms with Gasteiger partial charge in [-0.25, -0.2) is 4.79 Å². The largest absolute Gasteiger partial charge is 0.480 e. The van der Waals surface area contributed by atoms with Gasteiger partial charge in [0.1, 0.15) is 6.04 Å². The normalized spacial score (nSPS) is 29.5. The van der Waals surface area contributed by atoms with Gasteiger partial charge in [-0.1, -0.05) is 12.8 Å². The molecule has 0 aromatic carbocycles. The molecule has 3 amide bonds. The first-order valence-corrected chi connectivity index (χ1v) is 8.04. The Balaban J connectivity index is 2.10. The van der Waals surface area contributed by atoms with Gasteiger partial charge in [0.2, 0.25) is 5.91 Å². The molecule has 22 heavy (non-hydrogen) atoms. The van der Waals surface area contributed by atoms with E-state index in [0.717, 1.165) is 25.7 Å². The van der Waals surface area contributed by atoms with Crippen molar-refractivity contribution >= 4 is 17.9 Å². The lowest BCUT2D eigenvalue weighted by Crippen LogP contribution is -2.55. The summed E-state index contributed by atoms with van der Waals surface area (Å²) in [7, 11) is 0. The number of imide groups is 1. The molecule has 1 saturated carbocycles. The smallest absolute Gasteiger partial charge is 0.321 e. The minimum Gasteiger partial charge on any atom is -0.480 e. The molecule has 0 bridgehead atoms. The number of nitrogens with zero attached hydrogens (tertiary/aromatic N) is 1. The average Bonchev–Trinajstić information content (AvgIpc) is 2.86. The van der Waals surface area contributed by atoms with Crippen molar-refractivity contribution in [2.75, 3.05) is 6.54 Å². The van der Waals surface area contributed by atoms with E-state index in [0.29, 0.717) is 18.9 Å². The highest BCUT2D eigenvalue weighted by Gasteiger charge is 2.48. The monoisotopic (exact) mass is 311 g/mol. The molecule has 4 unspecified atom stereocenters. The number of hydrogen-bond donors (Lipinski definition) is 3. The molecule has 0 aromatic heterocycles. The van der Waals surface area contributed by atoms with E-state index < -0.39 is 30.0 Å². The molecular formula is C15H25N3O4. The first-order chi connectivity index (χ1) is 10.5. The van der Waals surface area contributed by atoms with E-state index in [1.165, 1.54) is 0 Å². The van der Waals surface area contributed by atoms with Crippen molar-refractivity contribution in [3.8, 4) is 0 Å². The van der Waals surface area contributed by atoms with Crippen LogP contribution in [0, 0.1) is 5.92 Å². The molecule has 7 nitrogen and oxygen atoms in total. The predicted molar refractivity (Wildman–Crippen MR) is 80.3 cm³/mol. The Hall–Kier alpha value is -1.63. The Morgan fingerprint density at radius 2 is 1.95 bits per heavy atom. The Morgan fingerprint density at radius 1 is 1.27 bits per heavy atom. The second-order valence-electron chi connectivity index (χ2n) is 6.17. The van der Waals surface area contributed by atoms with Crippen molar-refractivity contribution in [2.45, 2.75) is 64.1 Å². The number of carboxylic acids is 1. The Kier molecular flexibility index (Phi) is 5.39. The van der Waals surface area contributed by atoms with Gasteiger partial charge in [0, 0.05) is 12.6 Å². The van der Waals surface area contributed by atoms with E-state index >= 15 is 0 Å². The van der Waals surface area contributed by atoms with Crippen LogP contribution in [-0.2, 0) is 9.59 Å². The number of fused-ring (bicyclic) bond motifs is 1. The molecule has 1 heterocycles. The first-order valence-electron chi connectivity index (χ1n) is 8.04. The molecule has 1 aliphatic heterocycles. The van der Waals surface area contributed by atoms with Crippen LogP contribution in [-0.4, -0.2) is 52.6 Å². The fraction of sp³-hybridized carbons (Fsp3) is 0.800. The Labute approximate surface area is 130 Å². The molecule has 2 fully saturated rings. The van der Waals surface area contributed by atoms with Crippen LogP contribution in [0.15, 0.2) is 0 Å². The van der Waals surface area contributed by atoms with Crippen LogP contribution < -0.4 is 10.6 Å². The minimum absolute atomic E-state index is 0.129. The summed E-state index contributed by atoms with van der Waals surface area (Å²) in [5.74, 6) is -0.981. The maximum absolute atomic E-state index is 12.3. The lowest BCUT2D eigenvalue weighted by molar-refractivity contribution is -0.144. The van der Waals surface area contributed by atoms with Crippen LogP contribution in [0.3, 0.4) is 0 Å². The number of hydrogen-bond acceptors (Lipinski definition) is 4. The number of rotatable bonds is 4. The van der Waals surface area contributed by atoms with E-state index in [1.54, 1.807) is 18.7 Å². The van der Waals surface area contributed by atoms with Gasteiger partial charge in [-0.2, -0.15) is 0 Å². The highest BCUT2D eigenvalue weighted by Crippen LogP contribution is 2.40. The van der Waals surface area contributed by atoms with Crippen LogP contribution in [0.4, 0.5) is 4.79 Å². The van der Waals surface area contributed by atoms with Gasteiger partial charge >= 0.3 is 12.0 Å². The van der Waals surface area contributed by atoms with Crippen LogP contribution >= 0.6 is 0 Å². The highest BCUT2D eigenvalue weighted by atomic mass is 16.4. The number of urea groups is 1. The van der Waals surface area contributed by atoms with Crippen molar-refractivity contribution in [1.29, 1.82) is 0 Å². The molecule has 0 radical (unpaired) electrons. The summed E-state index contributed by atoms with van der Waals surface area (Å²) in [4.78, 5) is 37.1. The summed E-state index contributed by atoms with van der Waals surface area (Å²) in [6.45, 7) is 3.88. The fourth-order valence-corrected chi connectivity index (χ4v) is 3.84. The number of amides is 3. The number of likely N-dealkylation sites (tertiary alicyclic amines) is 1. The van der Waals surface area contributed by atoms with Crippen molar-refractivity contribution < 1.29 is 19.5 Å². The number of carbonyl (C=O) groups is 3. The lowest BCUT2D eigenvalue weighted by Gasteiger charge is -2.36. The molecule has 2 rings (SSSR count). The van der Waals surface area contributed by atoms with E-state index in [9.17, 15) is 19.5 Å². The fourth-order valence-electron chi connectivity index (χ4n) is 3.84. The molecule has 0 spiro atoms. The highest BCUT2D eigenvalue weighted by molar-refractivity contribution is 5.97. The van der Waals surface area contributed by atoms with Crippen LogP contribution in [0.1, 0.15) is 46.0 Å². The molecule has 3 N–H and O–H groups in total. The number of carbonyl (C=O) groups excluding carboxylic acids is 2. The Morgan fingerprint density at radius 3 is 2.59 bits per heavy atom. The zero-order chi connectivity index (χ0) is 16.3. The SMILES string of the molecule is CCNC(=O)NC(=O)C(C)N1C(C(=O)O)CC2CCCCC21. The molecule has 0 aromatic rings. The van der Waals surface area contributed by atoms with Crippen molar-refractivity contribution in [2.24, 2.45) is 5.92 Å². The van der Waals surface area contributed by atoms with Crippen molar-refractivity contribution in [3.05, 3.63) is 0 Å². The summed E-state index contributed by atoms with van der Waals surface area (Å²) in [5, 5.41) is 14.3. The maximum atomic E-state index is 12.3. The predicted octanol–water partition coefficient (Wildman–Crippen LogP) is 0.938. The summed E-state index contributed by atoms with van der Waals surface area (Å²) in [5.41, 5.74) is 0. The second kappa shape index (κ2) is 7.09. The maximum Gasteiger partial charge on any atom is 0.321 e. The molecule has 1 saturated heterocycles. The third-order valence-electron chi connectivity index (χ3n) is 4.82. The number of nitrogens with one attached hydrogen (secondary N) is 2. The molecular weight excluding hydrogens is 286 g/mol. The average molecular weight is 311 g/mol. The minimum atomic E-state index is -0.882. The van der Waals surface area contributed by atoms with Crippen molar-refractivity contribution in [3.63, 3.8) is 0 Å².